The van der Waals surface area contributed by atoms with Gasteiger partial charge in [-0.2, -0.15) is 5.26 Å². The normalized spacial score (nSPS) is 18.7. The zero-order valence-corrected chi connectivity index (χ0v) is 10.6. The third-order valence-corrected chi connectivity index (χ3v) is 2.92. The lowest BCUT2D eigenvalue weighted by molar-refractivity contribution is -0.124. The minimum atomic E-state index is -0.542. The lowest BCUT2D eigenvalue weighted by Crippen LogP contribution is -2.42. The lowest BCUT2D eigenvalue weighted by atomic mass is 9.97. The molecule has 1 aliphatic heterocycles. The van der Waals surface area contributed by atoms with Crippen molar-refractivity contribution in [1.29, 1.82) is 5.26 Å². The van der Waals surface area contributed by atoms with E-state index in [1.165, 1.54) is 0 Å². The van der Waals surface area contributed by atoms with Crippen molar-refractivity contribution in [3.8, 4) is 6.07 Å². The fourth-order valence-corrected chi connectivity index (χ4v) is 1.78. The van der Waals surface area contributed by atoms with E-state index in [1.54, 1.807) is 0 Å². The van der Waals surface area contributed by atoms with Crippen molar-refractivity contribution in [2.75, 3.05) is 39.4 Å². The topological polar surface area (TPSA) is 65.4 Å². The predicted octanol–water partition coefficient (Wildman–Crippen LogP) is 0.231. The van der Waals surface area contributed by atoms with Gasteiger partial charge in [0.05, 0.1) is 19.3 Å². The largest absolute Gasteiger partial charge is 0.379 e. The summed E-state index contributed by atoms with van der Waals surface area (Å²) < 4.78 is 5.24. The van der Waals surface area contributed by atoms with E-state index in [9.17, 15) is 4.79 Å². The Labute approximate surface area is 103 Å². The molecule has 1 rings (SSSR count). The molecule has 0 aromatic heterocycles. The van der Waals surface area contributed by atoms with Crippen LogP contribution in [0, 0.1) is 23.2 Å². The molecule has 1 atom stereocenters. The number of nitriles is 1. The lowest BCUT2D eigenvalue weighted by Gasteiger charge is -2.26. The molecule has 5 nitrogen and oxygen atoms in total. The molecule has 96 valence electrons. The molecule has 0 spiro atoms. The number of hydrogen-bond acceptors (Lipinski definition) is 4. The van der Waals surface area contributed by atoms with E-state index in [0.717, 1.165) is 32.8 Å². The van der Waals surface area contributed by atoms with E-state index < -0.39 is 5.92 Å². The second kappa shape index (κ2) is 7.25. The Hall–Kier alpha value is -1.12. The molecule has 0 aromatic rings. The van der Waals surface area contributed by atoms with Crippen LogP contribution in [-0.2, 0) is 9.53 Å². The Kier molecular flexibility index (Phi) is 5.95. The van der Waals surface area contributed by atoms with E-state index >= 15 is 0 Å². The summed E-state index contributed by atoms with van der Waals surface area (Å²) in [5, 5.41) is 11.7. The second-order valence-corrected chi connectivity index (χ2v) is 4.60. The van der Waals surface area contributed by atoms with Gasteiger partial charge in [0.15, 0.2) is 0 Å². The summed E-state index contributed by atoms with van der Waals surface area (Å²) in [6.07, 6.45) is 0. The number of amides is 1. The van der Waals surface area contributed by atoms with E-state index in [0.29, 0.717) is 6.54 Å². The Morgan fingerprint density at radius 1 is 1.47 bits per heavy atom. The third kappa shape index (κ3) is 4.72. The molecular formula is C12H21N3O2. The van der Waals surface area contributed by atoms with Gasteiger partial charge in [-0.25, -0.2) is 0 Å². The van der Waals surface area contributed by atoms with Crippen molar-refractivity contribution in [1.82, 2.24) is 10.2 Å². The van der Waals surface area contributed by atoms with Crippen LogP contribution in [0.15, 0.2) is 0 Å². The Morgan fingerprint density at radius 3 is 2.65 bits per heavy atom. The number of nitrogens with one attached hydrogen (secondary N) is 1. The highest BCUT2D eigenvalue weighted by atomic mass is 16.5. The Balaban J connectivity index is 2.21. The molecule has 0 aliphatic carbocycles. The van der Waals surface area contributed by atoms with Gasteiger partial charge in [0.2, 0.25) is 5.91 Å². The molecule has 1 saturated heterocycles. The first kappa shape index (κ1) is 13.9. The van der Waals surface area contributed by atoms with Crippen LogP contribution < -0.4 is 5.32 Å². The van der Waals surface area contributed by atoms with Crippen molar-refractivity contribution < 1.29 is 9.53 Å². The van der Waals surface area contributed by atoms with Gasteiger partial charge in [-0.1, -0.05) is 13.8 Å². The molecule has 0 saturated carbocycles. The van der Waals surface area contributed by atoms with Crippen LogP contribution in [0.3, 0.4) is 0 Å². The summed E-state index contributed by atoms with van der Waals surface area (Å²) in [5.74, 6) is -0.640. The van der Waals surface area contributed by atoms with Gasteiger partial charge in [0.1, 0.15) is 5.92 Å². The smallest absolute Gasteiger partial charge is 0.237 e. The van der Waals surface area contributed by atoms with Crippen LogP contribution in [0.2, 0.25) is 0 Å². The third-order valence-electron chi connectivity index (χ3n) is 2.92. The number of morpholine rings is 1. The van der Waals surface area contributed by atoms with E-state index in [4.69, 9.17) is 10.00 Å². The summed E-state index contributed by atoms with van der Waals surface area (Å²) in [6, 6.07) is 2.04. The molecule has 0 bridgehead atoms. The van der Waals surface area contributed by atoms with Gasteiger partial charge in [-0.15, -0.1) is 0 Å². The van der Waals surface area contributed by atoms with Crippen LogP contribution in [0.5, 0.6) is 0 Å². The van der Waals surface area contributed by atoms with Gasteiger partial charge in [0, 0.05) is 26.2 Å². The number of ether oxygens (including phenoxy) is 1. The minimum Gasteiger partial charge on any atom is -0.379 e. The zero-order valence-electron chi connectivity index (χ0n) is 10.6. The highest BCUT2D eigenvalue weighted by molar-refractivity contribution is 5.81. The van der Waals surface area contributed by atoms with Crippen molar-refractivity contribution in [2.24, 2.45) is 11.8 Å². The molecule has 1 aliphatic rings. The first-order valence-electron chi connectivity index (χ1n) is 6.12. The first-order valence-corrected chi connectivity index (χ1v) is 6.12. The molecule has 1 fully saturated rings. The maximum Gasteiger partial charge on any atom is 0.237 e. The number of nitrogens with zero attached hydrogens (tertiary/aromatic N) is 2. The number of carbonyl (C=O) groups excluding carboxylic acids is 1. The van der Waals surface area contributed by atoms with Gasteiger partial charge < -0.3 is 10.1 Å². The molecule has 1 heterocycles. The Morgan fingerprint density at radius 2 is 2.12 bits per heavy atom. The van der Waals surface area contributed by atoms with Crippen molar-refractivity contribution in [2.45, 2.75) is 13.8 Å². The van der Waals surface area contributed by atoms with Crippen molar-refractivity contribution >= 4 is 5.91 Å². The number of rotatable bonds is 5. The first-order chi connectivity index (χ1) is 8.15. The summed E-state index contributed by atoms with van der Waals surface area (Å²) in [4.78, 5) is 13.9. The summed E-state index contributed by atoms with van der Waals surface area (Å²) >= 11 is 0. The van der Waals surface area contributed by atoms with Crippen molar-refractivity contribution in [3.05, 3.63) is 0 Å². The Bertz CT molecular complexity index is 280. The van der Waals surface area contributed by atoms with Crippen LogP contribution >= 0.6 is 0 Å². The fraction of sp³-hybridized carbons (Fsp3) is 0.833. The number of hydrogen-bond donors (Lipinski definition) is 1. The zero-order chi connectivity index (χ0) is 12.7. The predicted molar refractivity (Wildman–Crippen MR) is 64.2 cm³/mol. The van der Waals surface area contributed by atoms with Gasteiger partial charge in [-0.3, -0.25) is 9.69 Å². The van der Waals surface area contributed by atoms with Crippen LogP contribution in [0.4, 0.5) is 0 Å². The molecular weight excluding hydrogens is 218 g/mol. The standard InChI is InChI=1S/C12H21N3O2/c1-10(2)11(9-13)12(16)14-3-4-15-5-7-17-8-6-15/h10-11H,3-8H2,1-2H3,(H,14,16). The second-order valence-electron chi connectivity index (χ2n) is 4.60. The average molecular weight is 239 g/mol. The molecule has 17 heavy (non-hydrogen) atoms. The SMILES string of the molecule is CC(C)C(C#N)C(=O)NCCN1CCOCC1. The average Bonchev–Trinajstić information content (AvgIpc) is 2.30. The van der Waals surface area contributed by atoms with Crippen LogP contribution in [-0.4, -0.2) is 50.2 Å². The quantitative estimate of drug-likeness (QED) is 0.746. The summed E-state index contributed by atoms with van der Waals surface area (Å²) in [5.41, 5.74) is 0. The fourth-order valence-electron chi connectivity index (χ4n) is 1.78. The van der Waals surface area contributed by atoms with Gasteiger partial charge in [0.25, 0.3) is 0 Å². The summed E-state index contributed by atoms with van der Waals surface area (Å²) in [6.45, 7) is 8.56. The molecule has 1 unspecified atom stereocenters. The maximum atomic E-state index is 11.7. The number of carbonyl (C=O) groups is 1. The monoisotopic (exact) mass is 239 g/mol. The van der Waals surface area contributed by atoms with E-state index in [1.807, 2.05) is 19.9 Å². The maximum absolute atomic E-state index is 11.7. The van der Waals surface area contributed by atoms with Gasteiger partial charge in [-0.05, 0) is 5.92 Å². The molecule has 0 radical (unpaired) electrons. The molecule has 1 N–H and O–H groups in total. The highest BCUT2D eigenvalue weighted by Gasteiger charge is 2.21. The minimum absolute atomic E-state index is 0.0587. The molecule has 5 heteroatoms. The summed E-state index contributed by atoms with van der Waals surface area (Å²) in [7, 11) is 0. The van der Waals surface area contributed by atoms with Crippen molar-refractivity contribution in [3.63, 3.8) is 0 Å². The van der Waals surface area contributed by atoms with Crippen LogP contribution in [0.25, 0.3) is 0 Å². The van der Waals surface area contributed by atoms with Gasteiger partial charge >= 0.3 is 0 Å². The molecule has 0 aromatic carbocycles. The van der Waals surface area contributed by atoms with E-state index in [-0.39, 0.29) is 11.8 Å². The van der Waals surface area contributed by atoms with Crippen LogP contribution in [0.1, 0.15) is 13.8 Å². The molecule has 1 amide bonds. The highest BCUT2D eigenvalue weighted by Crippen LogP contribution is 2.09. The van der Waals surface area contributed by atoms with E-state index in [2.05, 4.69) is 10.2 Å².